The number of nitrogens with zero attached hydrogens (tertiary/aromatic N) is 2. The number of hydrogen-bond donors (Lipinski definition) is 2. The van der Waals surface area contributed by atoms with Crippen LogP contribution in [-0.2, 0) is 4.79 Å². The van der Waals surface area contributed by atoms with E-state index in [0.717, 1.165) is 35.5 Å². The molecule has 2 N–H and O–H groups in total. The third-order valence-corrected chi connectivity index (χ3v) is 7.02. The third-order valence-electron chi connectivity index (χ3n) is 7.02. The first-order chi connectivity index (χ1) is 17.8. The molecule has 0 unspecified atom stereocenters. The van der Waals surface area contributed by atoms with Gasteiger partial charge in [-0.2, -0.15) is 0 Å². The van der Waals surface area contributed by atoms with Crippen LogP contribution in [0.4, 0.5) is 8.78 Å². The standard InChI is InChI=1S/C29H30F2N2O4/c1-37-23-7-8-27-25(17-23)24(10-12-32-27)28(34)9-5-19-11-14-33(18-21(19)15-29(35)36)13-2-3-20-4-6-22(30)16-26(20)31/h4,6-8,10,12,16-17,19,21,28,34H,5,9,11,13-15,18H2,1H3,(H,35,36)/t19-,21+,28+/m1/s1. The van der Waals surface area contributed by atoms with Gasteiger partial charge in [0.15, 0.2) is 0 Å². The molecule has 2 heterocycles. The second kappa shape index (κ2) is 12.1. The Kier molecular flexibility index (Phi) is 8.70. The highest BCUT2D eigenvalue weighted by Gasteiger charge is 2.31. The number of aliphatic hydroxyl groups excluding tert-OH is 1. The number of fused-ring (bicyclic) bond motifs is 1. The summed E-state index contributed by atoms with van der Waals surface area (Å²) in [5, 5.41) is 21.3. The molecule has 2 aromatic carbocycles. The normalized spacial score (nSPS) is 18.7. The summed E-state index contributed by atoms with van der Waals surface area (Å²) in [6.07, 6.45) is 2.97. The Morgan fingerprint density at radius 1 is 1.22 bits per heavy atom. The number of ether oxygens (including phenoxy) is 1. The van der Waals surface area contributed by atoms with E-state index in [1.54, 1.807) is 13.3 Å². The Bertz CT molecular complexity index is 1320. The van der Waals surface area contributed by atoms with Crippen LogP contribution in [0.2, 0.25) is 0 Å². The summed E-state index contributed by atoms with van der Waals surface area (Å²) in [6, 6.07) is 10.6. The number of pyridine rings is 1. The van der Waals surface area contributed by atoms with E-state index in [2.05, 4.69) is 21.7 Å². The minimum Gasteiger partial charge on any atom is -0.497 e. The van der Waals surface area contributed by atoms with Crippen molar-refractivity contribution in [1.29, 1.82) is 0 Å². The zero-order chi connectivity index (χ0) is 26.4. The van der Waals surface area contributed by atoms with Gasteiger partial charge in [-0.05, 0) is 79.6 Å². The molecule has 0 radical (unpaired) electrons. The fourth-order valence-corrected chi connectivity index (χ4v) is 5.06. The Morgan fingerprint density at radius 3 is 2.81 bits per heavy atom. The van der Waals surface area contributed by atoms with Crippen molar-refractivity contribution >= 4 is 16.9 Å². The molecule has 0 bridgehead atoms. The predicted molar refractivity (Wildman–Crippen MR) is 136 cm³/mol. The van der Waals surface area contributed by atoms with Crippen molar-refractivity contribution in [3.8, 4) is 17.6 Å². The number of halogens is 2. The molecule has 8 heteroatoms. The monoisotopic (exact) mass is 508 g/mol. The second-order valence-electron chi connectivity index (χ2n) is 9.44. The minimum atomic E-state index is -0.857. The van der Waals surface area contributed by atoms with Gasteiger partial charge in [0.1, 0.15) is 17.4 Å². The molecule has 1 aliphatic heterocycles. The van der Waals surface area contributed by atoms with Gasteiger partial charge in [0, 0.05) is 30.6 Å². The number of piperidine rings is 1. The Hall–Kier alpha value is -3.54. The van der Waals surface area contributed by atoms with Crippen molar-refractivity contribution in [2.45, 2.75) is 31.8 Å². The lowest BCUT2D eigenvalue weighted by molar-refractivity contribution is -0.139. The molecule has 4 rings (SSSR count). The molecular weight excluding hydrogens is 478 g/mol. The van der Waals surface area contributed by atoms with Crippen LogP contribution in [0.5, 0.6) is 5.75 Å². The average Bonchev–Trinajstić information content (AvgIpc) is 2.88. The van der Waals surface area contributed by atoms with Crippen LogP contribution in [0.15, 0.2) is 48.7 Å². The van der Waals surface area contributed by atoms with Gasteiger partial charge in [-0.15, -0.1) is 0 Å². The number of aliphatic carboxylic acids is 1. The molecule has 3 aromatic rings. The maximum atomic E-state index is 13.8. The first kappa shape index (κ1) is 26.5. The third kappa shape index (κ3) is 6.82. The number of carbonyl (C=O) groups is 1. The van der Waals surface area contributed by atoms with Crippen LogP contribution < -0.4 is 4.74 Å². The lowest BCUT2D eigenvalue weighted by Gasteiger charge is -2.37. The van der Waals surface area contributed by atoms with E-state index >= 15 is 0 Å². The largest absolute Gasteiger partial charge is 0.497 e. The van der Waals surface area contributed by atoms with Crippen LogP contribution in [-0.4, -0.2) is 52.8 Å². The highest BCUT2D eigenvalue weighted by atomic mass is 19.1. The minimum absolute atomic E-state index is 0.0344. The molecule has 0 spiro atoms. The summed E-state index contributed by atoms with van der Waals surface area (Å²) in [6.45, 7) is 1.66. The summed E-state index contributed by atoms with van der Waals surface area (Å²) >= 11 is 0. The summed E-state index contributed by atoms with van der Waals surface area (Å²) in [5.74, 6) is 4.21. The van der Waals surface area contributed by atoms with Crippen molar-refractivity contribution in [2.75, 3.05) is 26.7 Å². The van der Waals surface area contributed by atoms with Gasteiger partial charge in [-0.3, -0.25) is 14.7 Å². The summed E-state index contributed by atoms with van der Waals surface area (Å²) in [5.41, 5.74) is 1.68. The van der Waals surface area contributed by atoms with E-state index < -0.39 is 23.7 Å². The van der Waals surface area contributed by atoms with Gasteiger partial charge in [0.2, 0.25) is 0 Å². The molecule has 0 aliphatic carbocycles. The van der Waals surface area contributed by atoms with Crippen LogP contribution in [0, 0.1) is 35.3 Å². The molecule has 1 fully saturated rings. The maximum Gasteiger partial charge on any atom is 0.303 e. The number of methoxy groups -OCH3 is 1. The zero-order valence-electron chi connectivity index (χ0n) is 20.7. The van der Waals surface area contributed by atoms with E-state index in [9.17, 15) is 23.8 Å². The second-order valence-corrected chi connectivity index (χ2v) is 9.44. The molecule has 37 heavy (non-hydrogen) atoms. The first-order valence-corrected chi connectivity index (χ1v) is 12.3. The summed E-state index contributed by atoms with van der Waals surface area (Å²) in [7, 11) is 1.59. The number of benzene rings is 2. The van der Waals surface area contributed by atoms with Crippen LogP contribution in [0.3, 0.4) is 0 Å². The highest BCUT2D eigenvalue weighted by molar-refractivity contribution is 5.83. The number of hydrogen-bond acceptors (Lipinski definition) is 5. The van der Waals surface area contributed by atoms with Crippen LogP contribution >= 0.6 is 0 Å². The van der Waals surface area contributed by atoms with Gasteiger partial charge < -0.3 is 14.9 Å². The molecular formula is C29H30F2N2O4. The molecule has 194 valence electrons. The quantitative estimate of drug-likeness (QED) is 0.426. The number of carboxylic acids is 1. The van der Waals surface area contributed by atoms with Crippen LogP contribution in [0.25, 0.3) is 10.9 Å². The fraction of sp³-hybridized carbons (Fsp3) is 0.379. The number of rotatable bonds is 8. The van der Waals surface area contributed by atoms with Gasteiger partial charge in [-0.25, -0.2) is 8.78 Å². The maximum absolute atomic E-state index is 13.8. The molecule has 3 atom stereocenters. The van der Waals surface area contributed by atoms with Crippen molar-refractivity contribution < 1.29 is 28.5 Å². The zero-order valence-corrected chi connectivity index (χ0v) is 20.7. The smallest absolute Gasteiger partial charge is 0.303 e. The highest BCUT2D eigenvalue weighted by Crippen LogP contribution is 2.34. The predicted octanol–water partition coefficient (Wildman–Crippen LogP) is 4.80. The van der Waals surface area contributed by atoms with Crippen molar-refractivity contribution in [2.24, 2.45) is 11.8 Å². The van der Waals surface area contributed by atoms with Gasteiger partial charge in [0.05, 0.1) is 30.8 Å². The topological polar surface area (TPSA) is 82.9 Å². The van der Waals surface area contributed by atoms with E-state index in [4.69, 9.17) is 4.74 Å². The molecule has 1 aliphatic rings. The molecule has 0 amide bonds. The van der Waals surface area contributed by atoms with Gasteiger partial charge in [0.25, 0.3) is 0 Å². The number of carboxylic acid groups (broad SMARTS) is 1. The average molecular weight is 509 g/mol. The number of likely N-dealkylation sites (tertiary alicyclic amines) is 1. The van der Waals surface area contributed by atoms with Crippen molar-refractivity contribution in [1.82, 2.24) is 9.88 Å². The van der Waals surface area contributed by atoms with Crippen molar-refractivity contribution in [3.05, 3.63) is 71.4 Å². The summed E-state index contributed by atoms with van der Waals surface area (Å²) in [4.78, 5) is 18.0. The molecule has 0 saturated carbocycles. The number of aliphatic hydroxyl groups is 1. The van der Waals surface area contributed by atoms with Crippen molar-refractivity contribution in [3.63, 3.8) is 0 Å². The fourth-order valence-electron chi connectivity index (χ4n) is 5.06. The first-order valence-electron chi connectivity index (χ1n) is 12.3. The van der Waals surface area contributed by atoms with Gasteiger partial charge >= 0.3 is 5.97 Å². The molecule has 6 nitrogen and oxygen atoms in total. The Balaban J connectivity index is 1.39. The Morgan fingerprint density at radius 2 is 2.05 bits per heavy atom. The molecule has 1 saturated heterocycles. The SMILES string of the molecule is COc1ccc2nccc([C@@H](O)CC[C@@H]3CCN(CC#Cc4ccc(F)cc4F)C[C@@H]3CC(=O)O)c2c1. The summed E-state index contributed by atoms with van der Waals surface area (Å²) < 4.78 is 32.2. The van der Waals surface area contributed by atoms with E-state index in [0.29, 0.717) is 31.7 Å². The van der Waals surface area contributed by atoms with Crippen LogP contribution in [0.1, 0.15) is 42.9 Å². The van der Waals surface area contributed by atoms with E-state index in [1.807, 2.05) is 24.3 Å². The Labute approximate surface area is 214 Å². The lowest BCUT2D eigenvalue weighted by Crippen LogP contribution is -2.41. The van der Waals surface area contributed by atoms with E-state index in [1.165, 1.54) is 12.1 Å². The lowest BCUT2D eigenvalue weighted by atomic mass is 9.79. The van der Waals surface area contributed by atoms with Gasteiger partial charge in [-0.1, -0.05) is 11.8 Å². The van der Waals surface area contributed by atoms with E-state index in [-0.39, 0.29) is 23.8 Å². The molecule has 1 aromatic heterocycles. The number of aromatic nitrogens is 1.